The van der Waals surface area contributed by atoms with Crippen LogP contribution < -0.4 is 14.8 Å². The summed E-state index contributed by atoms with van der Waals surface area (Å²) in [6.07, 6.45) is 0. The summed E-state index contributed by atoms with van der Waals surface area (Å²) >= 11 is 0. The first kappa shape index (κ1) is 22.4. The van der Waals surface area contributed by atoms with Crippen LogP contribution in [0.15, 0.2) is 108 Å². The summed E-state index contributed by atoms with van der Waals surface area (Å²) in [4.78, 5) is 9.30. The van der Waals surface area contributed by atoms with Gasteiger partial charge in [0.05, 0.1) is 15.9 Å². The van der Waals surface area contributed by atoms with Crippen LogP contribution in [-0.2, 0) is 10.0 Å². The van der Waals surface area contributed by atoms with Crippen molar-refractivity contribution in [2.45, 2.75) is 11.8 Å². The van der Waals surface area contributed by atoms with Gasteiger partial charge < -0.3 is 10.1 Å². The zero-order valence-corrected chi connectivity index (χ0v) is 19.7. The molecule has 0 unspecified atom stereocenters. The van der Waals surface area contributed by atoms with E-state index in [1.165, 1.54) is 0 Å². The van der Waals surface area contributed by atoms with Gasteiger partial charge in [-0.3, -0.25) is 4.72 Å². The van der Waals surface area contributed by atoms with E-state index in [0.29, 0.717) is 22.5 Å². The van der Waals surface area contributed by atoms with Crippen molar-refractivity contribution in [3.8, 4) is 11.5 Å². The fourth-order valence-corrected chi connectivity index (χ4v) is 4.44. The molecular weight excluding hydrogens is 460 g/mol. The van der Waals surface area contributed by atoms with E-state index >= 15 is 0 Å². The van der Waals surface area contributed by atoms with E-state index in [4.69, 9.17) is 4.74 Å². The van der Waals surface area contributed by atoms with Crippen LogP contribution in [0.1, 0.15) is 5.56 Å². The van der Waals surface area contributed by atoms with Crippen molar-refractivity contribution in [1.29, 1.82) is 0 Å². The molecule has 8 heteroatoms. The Morgan fingerprint density at radius 2 is 1.23 bits per heavy atom. The molecule has 0 bridgehead atoms. The van der Waals surface area contributed by atoms with Crippen molar-refractivity contribution in [1.82, 2.24) is 9.97 Å². The number of nitrogens with one attached hydrogen (secondary N) is 2. The first-order chi connectivity index (χ1) is 17.0. The molecule has 174 valence electrons. The van der Waals surface area contributed by atoms with E-state index in [0.717, 1.165) is 11.3 Å². The minimum atomic E-state index is -3.87. The van der Waals surface area contributed by atoms with Gasteiger partial charge in [0.2, 0.25) is 0 Å². The molecule has 0 aliphatic rings. The Labute approximate surface area is 203 Å². The Kier molecular flexibility index (Phi) is 6.03. The number of anilines is 3. The van der Waals surface area contributed by atoms with Gasteiger partial charge in [-0.1, -0.05) is 48.0 Å². The summed E-state index contributed by atoms with van der Waals surface area (Å²) in [5.41, 5.74) is 2.88. The Balaban J connectivity index is 1.45. The van der Waals surface area contributed by atoms with Gasteiger partial charge in [-0.25, -0.2) is 18.4 Å². The van der Waals surface area contributed by atoms with Gasteiger partial charge >= 0.3 is 0 Å². The summed E-state index contributed by atoms with van der Waals surface area (Å²) in [5, 5.41) is 3.18. The zero-order chi connectivity index (χ0) is 24.3. The predicted molar refractivity (Wildman–Crippen MR) is 138 cm³/mol. The van der Waals surface area contributed by atoms with Crippen LogP contribution in [0, 0.1) is 6.92 Å². The number of rotatable bonds is 7. The summed E-state index contributed by atoms with van der Waals surface area (Å²) in [7, 11) is -3.87. The second-order valence-electron chi connectivity index (χ2n) is 7.89. The summed E-state index contributed by atoms with van der Waals surface area (Å²) in [5.74, 6) is 1.80. The fraction of sp³-hybridized carbons (Fsp3) is 0.0370. The van der Waals surface area contributed by atoms with E-state index < -0.39 is 10.0 Å². The van der Waals surface area contributed by atoms with E-state index in [2.05, 4.69) is 20.0 Å². The van der Waals surface area contributed by atoms with Crippen LogP contribution in [0.4, 0.5) is 17.3 Å². The van der Waals surface area contributed by atoms with E-state index in [1.54, 1.807) is 30.3 Å². The number of aryl methyl sites for hydroxylation is 1. The molecule has 0 atom stereocenters. The van der Waals surface area contributed by atoms with Crippen molar-refractivity contribution >= 4 is 38.4 Å². The van der Waals surface area contributed by atoms with Crippen molar-refractivity contribution in [3.05, 3.63) is 109 Å². The lowest BCUT2D eigenvalue weighted by atomic mass is 10.2. The molecule has 0 aliphatic heterocycles. The molecule has 5 rings (SSSR count). The molecule has 4 aromatic carbocycles. The topological polar surface area (TPSA) is 93.2 Å². The van der Waals surface area contributed by atoms with Crippen LogP contribution in [0.3, 0.4) is 0 Å². The van der Waals surface area contributed by atoms with Gasteiger partial charge in [0.25, 0.3) is 10.0 Å². The molecule has 0 radical (unpaired) electrons. The molecule has 7 nitrogen and oxygen atoms in total. The minimum Gasteiger partial charge on any atom is -0.457 e. The van der Waals surface area contributed by atoms with Crippen LogP contribution in [0.25, 0.3) is 11.0 Å². The number of sulfonamides is 1. The maximum atomic E-state index is 13.0. The summed E-state index contributed by atoms with van der Waals surface area (Å²) in [6, 6.07) is 30.7. The van der Waals surface area contributed by atoms with E-state index in [9.17, 15) is 8.42 Å². The summed E-state index contributed by atoms with van der Waals surface area (Å²) < 4.78 is 34.5. The average molecular weight is 483 g/mol. The smallest absolute Gasteiger partial charge is 0.263 e. The number of fused-ring (bicyclic) bond motifs is 1. The second-order valence-corrected chi connectivity index (χ2v) is 9.57. The van der Waals surface area contributed by atoms with E-state index in [1.807, 2.05) is 79.7 Å². The molecule has 0 amide bonds. The molecule has 0 fully saturated rings. The number of hydrogen-bond donors (Lipinski definition) is 2. The SMILES string of the molecule is Cc1ccc(S(=O)(=O)Nc2nc3ccccc3nc2Nc2ccc(Oc3ccccc3)cc2)cc1. The second kappa shape index (κ2) is 9.44. The average Bonchev–Trinajstić information content (AvgIpc) is 2.86. The maximum absolute atomic E-state index is 13.0. The molecule has 0 spiro atoms. The molecule has 35 heavy (non-hydrogen) atoms. The molecular formula is C27H22N4O3S. The van der Waals surface area contributed by atoms with Crippen LogP contribution in [0.5, 0.6) is 11.5 Å². The highest BCUT2D eigenvalue weighted by Crippen LogP contribution is 2.29. The van der Waals surface area contributed by atoms with Crippen molar-refractivity contribution in [3.63, 3.8) is 0 Å². The molecule has 0 saturated heterocycles. The minimum absolute atomic E-state index is 0.105. The van der Waals surface area contributed by atoms with Gasteiger partial charge in [-0.2, -0.15) is 0 Å². The normalized spacial score (nSPS) is 11.2. The first-order valence-corrected chi connectivity index (χ1v) is 12.4. The van der Waals surface area contributed by atoms with E-state index in [-0.39, 0.29) is 16.5 Å². The monoisotopic (exact) mass is 482 g/mol. The third-order valence-corrected chi connectivity index (χ3v) is 6.58. The largest absolute Gasteiger partial charge is 0.457 e. The lowest BCUT2D eigenvalue weighted by Crippen LogP contribution is -2.16. The number of hydrogen-bond acceptors (Lipinski definition) is 6. The van der Waals surface area contributed by atoms with Crippen LogP contribution in [0.2, 0.25) is 0 Å². The third-order valence-electron chi connectivity index (χ3n) is 5.23. The standard InChI is InChI=1S/C27H22N4O3S/c1-19-11-17-23(18-12-19)35(32,33)31-27-26(29-24-9-5-6-10-25(24)30-27)28-20-13-15-22(16-14-20)34-21-7-3-2-4-8-21/h2-18H,1H3,(H,28,29)(H,30,31). The zero-order valence-electron chi connectivity index (χ0n) is 18.8. The molecule has 0 aliphatic carbocycles. The number of ether oxygens (including phenoxy) is 1. The number of para-hydroxylation sites is 3. The number of benzene rings is 4. The Morgan fingerprint density at radius 3 is 1.89 bits per heavy atom. The fourth-order valence-electron chi connectivity index (χ4n) is 3.43. The van der Waals surface area contributed by atoms with Crippen molar-refractivity contribution in [2.75, 3.05) is 10.0 Å². The lowest BCUT2D eigenvalue weighted by molar-refractivity contribution is 0.483. The molecule has 1 aromatic heterocycles. The highest BCUT2D eigenvalue weighted by atomic mass is 32.2. The highest BCUT2D eigenvalue weighted by Gasteiger charge is 2.19. The van der Waals surface area contributed by atoms with Gasteiger partial charge in [0.15, 0.2) is 11.6 Å². The van der Waals surface area contributed by atoms with Gasteiger partial charge in [0, 0.05) is 5.69 Å². The lowest BCUT2D eigenvalue weighted by Gasteiger charge is -2.14. The Morgan fingerprint density at radius 1 is 0.657 bits per heavy atom. The molecule has 2 N–H and O–H groups in total. The maximum Gasteiger partial charge on any atom is 0.263 e. The number of nitrogens with zero attached hydrogens (tertiary/aromatic N) is 2. The van der Waals surface area contributed by atoms with Gasteiger partial charge in [-0.05, 0) is 67.6 Å². The van der Waals surface area contributed by atoms with Gasteiger partial charge in [0.1, 0.15) is 11.5 Å². The van der Waals surface area contributed by atoms with Crippen LogP contribution >= 0.6 is 0 Å². The molecule has 0 saturated carbocycles. The van der Waals surface area contributed by atoms with Crippen molar-refractivity contribution in [2.24, 2.45) is 0 Å². The first-order valence-electron chi connectivity index (χ1n) is 10.9. The van der Waals surface area contributed by atoms with Gasteiger partial charge in [-0.15, -0.1) is 0 Å². The number of aromatic nitrogens is 2. The Hall–Kier alpha value is -4.43. The highest BCUT2D eigenvalue weighted by molar-refractivity contribution is 7.92. The van der Waals surface area contributed by atoms with Crippen molar-refractivity contribution < 1.29 is 13.2 Å². The predicted octanol–water partition coefficient (Wildman–Crippen LogP) is 6.27. The Bertz CT molecular complexity index is 1570. The third kappa shape index (κ3) is 5.23. The molecule has 5 aromatic rings. The quantitative estimate of drug-likeness (QED) is 0.284. The molecule has 1 heterocycles. The summed E-state index contributed by atoms with van der Waals surface area (Å²) in [6.45, 7) is 1.90. The van der Waals surface area contributed by atoms with Crippen LogP contribution in [-0.4, -0.2) is 18.4 Å².